The van der Waals surface area contributed by atoms with Gasteiger partial charge in [-0.15, -0.1) is 5.10 Å². The molecule has 0 N–H and O–H groups in total. The Morgan fingerprint density at radius 2 is 2.35 bits per heavy atom. The minimum atomic E-state index is -0.439. The molecule has 0 radical (unpaired) electrons. The van der Waals surface area contributed by atoms with Crippen molar-refractivity contribution in [2.24, 2.45) is 13.0 Å². The Bertz CT molecular complexity index is 444. The van der Waals surface area contributed by atoms with Gasteiger partial charge in [0.25, 0.3) is 5.95 Å². The van der Waals surface area contributed by atoms with Crippen LogP contribution in [0.25, 0.3) is 0 Å². The van der Waals surface area contributed by atoms with Crippen molar-refractivity contribution in [3.63, 3.8) is 0 Å². The molecule has 8 nitrogen and oxygen atoms in total. The lowest BCUT2D eigenvalue weighted by Gasteiger charge is -2.10. The highest BCUT2D eigenvalue weighted by molar-refractivity contribution is 5.98. The lowest BCUT2D eigenvalue weighted by atomic mass is 10.1. The number of aryl methyl sites for hydroxylation is 1. The van der Waals surface area contributed by atoms with Gasteiger partial charge in [-0.3, -0.25) is 14.5 Å². The maximum Gasteiger partial charge on any atom is 0.311 e. The van der Waals surface area contributed by atoms with Gasteiger partial charge < -0.3 is 4.74 Å². The molecule has 1 atom stereocenters. The van der Waals surface area contributed by atoms with Crippen molar-refractivity contribution < 1.29 is 14.3 Å². The zero-order chi connectivity index (χ0) is 12.4. The van der Waals surface area contributed by atoms with E-state index in [0.29, 0.717) is 6.61 Å². The van der Waals surface area contributed by atoms with Gasteiger partial charge in [0, 0.05) is 13.0 Å². The summed E-state index contributed by atoms with van der Waals surface area (Å²) in [6.07, 6.45) is 0.136. The molecule has 8 heteroatoms. The molecule has 1 amide bonds. The molecule has 1 aromatic heterocycles. The zero-order valence-corrected chi connectivity index (χ0v) is 9.66. The maximum atomic E-state index is 11.7. The monoisotopic (exact) mass is 239 g/mol. The molecule has 1 aliphatic rings. The van der Waals surface area contributed by atoms with Gasteiger partial charge in [0.2, 0.25) is 5.91 Å². The highest BCUT2D eigenvalue weighted by Crippen LogP contribution is 2.22. The summed E-state index contributed by atoms with van der Waals surface area (Å²) in [5.74, 6) is -0.751. The molecule has 2 rings (SSSR count). The summed E-state index contributed by atoms with van der Waals surface area (Å²) in [7, 11) is 1.61. The van der Waals surface area contributed by atoms with Crippen LogP contribution in [0.4, 0.5) is 5.95 Å². The van der Waals surface area contributed by atoms with Crippen LogP contribution in [0.2, 0.25) is 0 Å². The zero-order valence-electron chi connectivity index (χ0n) is 9.66. The fourth-order valence-electron chi connectivity index (χ4n) is 1.70. The van der Waals surface area contributed by atoms with E-state index in [4.69, 9.17) is 4.74 Å². The fraction of sp³-hybridized carbons (Fsp3) is 0.667. The third-order valence-corrected chi connectivity index (χ3v) is 2.48. The van der Waals surface area contributed by atoms with E-state index < -0.39 is 5.92 Å². The summed E-state index contributed by atoms with van der Waals surface area (Å²) < 4.78 is 4.88. The molecule has 2 heterocycles. The first-order valence-corrected chi connectivity index (χ1v) is 5.32. The molecule has 0 aromatic carbocycles. The summed E-state index contributed by atoms with van der Waals surface area (Å²) in [6.45, 7) is 2.30. The van der Waals surface area contributed by atoms with E-state index in [1.54, 1.807) is 14.0 Å². The van der Waals surface area contributed by atoms with Crippen molar-refractivity contribution in [3.05, 3.63) is 0 Å². The molecule has 0 spiro atoms. The number of nitrogens with zero attached hydrogens (tertiary/aromatic N) is 5. The van der Waals surface area contributed by atoms with Gasteiger partial charge in [-0.05, 0) is 12.1 Å². The van der Waals surface area contributed by atoms with Crippen LogP contribution in [0, 0.1) is 5.92 Å². The molecule has 17 heavy (non-hydrogen) atoms. The molecule has 1 fully saturated rings. The Labute approximate surface area is 97.5 Å². The average molecular weight is 239 g/mol. The predicted molar refractivity (Wildman–Crippen MR) is 55.9 cm³/mol. The third-order valence-electron chi connectivity index (χ3n) is 2.48. The van der Waals surface area contributed by atoms with E-state index in [1.165, 1.54) is 9.70 Å². The number of hydrogen-bond acceptors (Lipinski definition) is 6. The number of amides is 1. The predicted octanol–water partition coefficient (Wildman–Crippen LogP) is -0.874. The lowest BCUT2D eigenvalue weighted by Crippen LogP contribution is -2.27. The van der Waals surface area contributed by atoms with Gasteiger partial charge in [0.1, 0.15) is 0 Å². The van der Waals surface area contributed by atoms with E-state index in [2.05, 4.69) is 15.4 Å². The number of carbonyl (C=O) groups is 2. The van der Waals surface area contributed by atoms with Gasteiger partial charge >= 0.3 is 5.97 Å². The van der Waals surface area contributed by atoms with Crippen LogP contribution in [0.15, 0.2) is 0 Å². The second kappa shape index (κ2) is 4.48. The highest BCUT2D eigenvalue weighted by atomic mass is 16.5. The van der Waals surface area contributed by atoms with Crippen LogP contribution in [0.5, 0.6) is 0 Å². The first-order chi connectivity index (χ1) is 8.11. The van der Waals surface area contributed by atoms with Crippen LogP contribution < -0.4 is 4.90 Å². The molecule has 0 saturated carbocycles. The van der Waals surface area contributed by atoms with Crippen molar-refractivity contribution in [3.8, 4) is 0 Å². The minimum Gasteiger partial charge on any atom is -0.466 e. The maximum absolute atomic E-state index is 11.7. The molecule has 1 aliphatic heterocycles. The number of rotatable bonds is 3. The number of aromatic nitrogens is 4. The molecule has 0 aliphatic carbocycles. The van der Waals surface area contributed by atoms with Crippen LogP contribution >= 0.6 is 0 Å². The highest BCUT2D eigenvalue weighted by Gasteiger charge is 2.37. The SMILES string of the molecule is CCOC(=O)[C@H]1CC(=O)N(c2nnn(C)n2)C1. The second-order valence-corrected chi connectivity index (χ2v) is 3.74. The second-order valence-electron chi connectivity index (χ2n) is 3.74. The molecule has 1 saturated heterocycles. The van der Waals surface area contributed by atoms with Crippen molar-refractivity contribution in [2.75, 3.05) is 18.1 Å². The topological polar surface area (TPSA) is 90.2 Å². The molecule has 0 unspecified atom stereocenters. The van der Waals surface area contributed by atoms with Crippen molar-refractivity contribution >= 4 is 17.8 Å². The van der Waals surface area contributed by atoms with E-state index in [1.807, 2.05) is 0 Å². The smallest absolute Gasteiger partial charge is 0.311 e. The molecule has 1 aromatic rings. The summed E-state index contributed by atoms with van der Waals surface area (Å²) in [4.78, 5) is 25.8. The average Bonchev–Trinajstić information content (AvgIpc) is 2.85. The molecule has 92 valence electrons. The Morgan fingerprint density at radius 1 is 1.59 bits per heavy atom. The van der Waals surface area contributed by atoms with Gasteiger partial charge in [-0.2, -0.15) is 4.80 Å². The first kappa shape index (κ1) is 11.5. The van der Waals surface area contributed by atoms with E-state index in [0.717, 1.165) is 0 Å². The van der Waals surface area contributed by atoms with Gasteiger partial charge in [0.05, 0.1) is 19.6 Å². The Kier molecular flexibility index (Phi) is 3.03. The van der Waals surface area contributed by atoms with Gasteiger partial charge in [-0.1, -0.05) is 5.10 Å². The van der Waals surface area contributed by atoms with Gasteiger partial charge in [-0.25, -0.2) is 0 Å². The molecular formula is C9H13N5O3. The van der Waals surface area contributed by atoms with Crippen LogP contribution in [-0.4, -0.2) is 45.2 Å². The number of carbonyl (C=O) groups excluding carboxylic acids is 2. The quantitative estimate of drug-likeness (QED) is 0.637. The summed E-state index contributed by atoms with van der Waals surface area (Å²) in [5, 5.41) is 11.3. The fourth-order valence-corrected chi connectivity index (χ4v) is 1.70. The number of anilines is 1. The van der Waals surface area contributed by atoms with E-state index in [9.17, 15) is 9.59 Å². The number of esters is 1. The van der Waals surface area contributed by atoms with Crippen molar-refractivity contribution in [2.45, 2.75) is 13.3 Å². The number of tetrazole rings is 1. The van der Waals surface area contributed by atoms with E-state index >= 15 is 0 Å². The van der Waals surface area contributed by atoms with Gasteiger partial charge in [0.15, 0.2) is 0 Å². The molecular weight excluding hydrogens is 226 g/mol. The Hall–Kier alpha value is -1.99. The van der Waals surface area contributed by atoms with E-state index in [-0.39, 0.29) is 30.8 Å². The largest absolute Gasteiger partial charge is 0.466 e. The standard InChI is InChI=1S/C9H13N5O3/c1-3-17-8(16)6-4-7(15)14(5-6)9-10-12-13(2)11-9/h6H,3-5H2,1-2H3/t6-/m0/s1. The third kappa shape index (κ3) is 2.24. The summed E-state index contributed by atoms with van der Waals surface area (Å²) in [5.41, 5.74) is 0. The number of hydrogen-bond donors (Lipinski definition) is 0. The minimum absolute atomic E-state index is 0.136. The van der Waals surface area contributed by atoms with Crippen molar-refractivity contribution in [1.82, 2.24) is 20.2 Å². The van der Waals surface area contributed by atoms with Crippen LogP contribution in [0.1, 0.15) is 13.3 Å². The first-order valence-electron chi connectivity index (χ1n) is 5.32. The Balaban J connectivity index is 2.07. The molecule has 0 bridgehead atoms. The van der Waals surface area contributed by atoms with Crippen LogP contribution in [0.3, 0.4) is 0 Å². The summed E-state index contributed by atoms with van der Waals surface area (Å²) in [6, 6.07) is 0. The lowest BCUT2D eigenvalue weighted by molar-refractivity contribution is -0.147. The van der Waals surface area contributed by atoms with Crippen LogP contribution in [-0.2, 0) is 21.4 Å². The Morgan fingerprint density at radius 3 is 2.94 bits per heavy atom. The van der Waals surface area contributed by atoms with Crippen molar-refractivity contribution in [1.29, 1.82) is 0 Å². The normalized spacial score (nSPS) is 19.8. The number of ether oxygens (including phenoxy) is 1. The summed E-state index contributed by atoms with van der Waals surface area (Å²) >= 11 is 0.